The van der Waals surface area contributed by atoms with Gasteiger partial charge in [0, 0.05) is 23.5 Å². The Kier molecular flexibility index (Phi) is 3.28. The van der Waals surface area contributed by atoms with Gasteiger partial charge in [-0.1, -0.05) is 0 Å². The second-order valence-electron chi connectivity index (χ2n) is 4.84. The number of pyridine rings is 1. The van der Waals surface area contributed by atoms with Crippen molar-refractivity contribution in [2.24, 2.45) is 0 Å². The van der Waals surface area contributed by atoms with E-state index in [2.05, 4.69) is 26.3 Å². The maximum absolute atomic E-state index is 5.78. The standard InChI is InChI=1S/C15H16N4S/c1-10-17-13(9-20-10)8-19(2)15-6-3-11-7-12(16)4-5-14(11)18-15/h3-7,9H,8,16H2,1-2H3. The zero-order valence-electron chi connectivity index (χ0n) is 11.5. The Morgan fingerprint density at radius 2 is 2.05 bits per heavy atom. The Balaban J connectivity index is 1.87. The van der Waals surface area contributed by atoms with Crippen molar-refractivity contribution in [2.75, 3.05) is 17.7 Å². The number of nitrogens with zero attached hydrogens (tertiary/aromatic N) is 3. The fourth-order valence-electron chi connectivity index (χ4n) is 2.15. The molecule has 2 heterocycles. The highest BCUT2D eigenvalue weighted by Gasteiger charge is 2.07. The highest BCUT2D eigenvalue weighted by molar-refractivity contribution is 7.09. The number of aromatic nitrogens is 2. The Morgan fingerprint density at radius 1 is 1.20 bits per heavy atom. The largest absolute Gasteiger partial charge is 0.399 e. The molecule has 3 rings (SSSR count). The zero-order chi connectivity index (χ0) is 14.1. The Morgan fingerprint density at radius 3 is 2.80 bits per heavy atom. The van der Waals surface area contributed by atoms with Crippen molar-refractivity contribution in [1.82, 2.24) is 9.97 Å². The van der Waals surface area contributed by atoms with Crippen LogP contribution < -0.4 is 10.6 Å². The number of hydrogen-bond acceptors (Lipinski definition) is 5. The van der Waals surface area contributed by atoms with Gasteiger partial charge < -0.3 is 10.6 Å². The molecular formula is C15H16N4S. The van der Waals surface area contributed by atoms with Crippen LogP contribution in [0.15, 0.2) is 35.7 Å². The van der Waals surface area contributed by atoms with Crippen molar-refractivity contribution in [1.29, 1.82) is 0 Å². The molecule has 0 aliphatic carbocycles. The Bertz CT molecular complexity index is 750. The molecule has 0 spiro atoms. The molecule has 0 unspecified atom stereocenters. The minimum Gasteiger partial charge on any atom is -0.399 e. The minimum absolute atomic E-state index is 0.762. The number of thiazole rings is 1. The van der Waals surface area contributed by atoms with Gasteiger partial charge in [-0.15, -0.1) is 11.3 Å². The monoisotopic (exact) mass is 284 g/mol. The molecule has 0 bridgehead atoms. The molecule has 0 fully saturated rings. The number of benzene rings is 1. The Hall–Kier alpha value is -2.14. The first-order chi connectivity index (χ1) is 9.61. The first kappa shape index (κ1) is 12.9. The predicted octanol–water partition coefficient (Wildman–Crippen LogP) is 3.22. The van der Waals surface area contributed by atoms with Crippen molar-refractivity contribution in [3.05, 3.63) is 46.4 Å². The third-order valence-electron chi connectivity index (χ3n) is 3.16. The number of hydrogen-bond donors (Lipinski definition) is 1. The maximum Gasteiger partial charge on any atom is 0.129 e. The van der Waals surface area contributed by atoms with Gasteiger partial charge in [0.1, 0.15) is 5.82 Å². The van der Waals surface area contributed by atoms with Gasteiger partial charge in [-0.2, -0.15) is 0 Å². The van der Waals surface area contributed by atoms with Crippen LogP contribution in [0.25, 0.3) is 10.9 Å². The first-order valence-corrected chi connectivity index (χ1v) is 7.28. The molecule has 0 radical (unpaired) electrons. The van der Waals surface area contributed by atoms with Crippen LogP contribution in [0.3, 0.4) is 0 Å². The summed E-state index contributed by atoms with van der Waals surface area (Å²) in [5, 5.41) is 4.25. The van der Waals surface area contributed by atoms with Gasteiger partial charge >= 0.3 is 0 Å². The fraction of sp³-hybridized carbons (Fsp3) is 0.200. The summed E-state index contributed by atoms with van der Waals surface area (Å²) >= 11 is 1.67. The second kappa shape index (κ2) is 5.09. The SMILES string of the molecule is Cc1nc(CN(C)c2ccc3cc(N)ccc3n2)cs1. The van der Waals surface area contributed by atoms with Gasteiger partial charge in [0.15, 0.2) is 0 Å². The fourth-order valence-corrected chi connectivity index (χ4v) is 2.75. The highest BCUT2D eigenvalue weighted by Crippen LogP contribution is 2.21. The van der Waals surface area contributed by atoms with E-state index in [1.807, 2.05) is 38.2 Å². The average molecular weight is 284 g/mol. The number of aryl methyl sites for hydroxylation is 1. The molecule has 0 saturated heterocycles. The molecule has 2 aromatic heterocycles. The van der Waals surface area contributed by atoms with Gasteiger partial charge in [0.2, 0.25) is 0 Å². The molecule has 0 saturated carbocycles. The molecule has 4 nitrogen and oxygen atoms in total. The summed E-state index contributed by atoms with van der Waals surface area (Å²) < 4.78 is 0. The van der Waals surface area contributed by atoms with Gasteiger partial charge in [-0.3, -0.25) is 0 Å². The third-order valence-corrected chi connectivity index (χ3v) is 3.98. The zero-order valence-corrected chi connectivity index (χ0v) is 12.3. The second-order valence-corrected chi connectivity index (χ2v) is 5.90. The van der Waals surface area contributed by atoms with E-state index in [-0.39, 0.29) is 0 Å². The topological polar surface area (TPSA) is 55.0 Å². The molecule has 0 aliphatic heterocycles. The van der Waals surface area contributed by atoms with Crippen molar-refractivity contribution in [3.8, 4) is 0 Å². The van der Waals surface area contributed by atoms with Crippen molar-refractivity contribution in [3.63, 3.8) is 0 Å². The molecule has 5 heteroatoms. The van der Waals surface area contributed by atoms with Crippen molar-refractivity contribution in [2.45, 2.75) is 13.5 Å². The molecular weight excluding hydrogens is 268 g/mol. The third kappa shape index (κ3) is 2.58. The molecule has 1 aromatic carbocycles. The van der Waals surface area contributed by atoms with Crippen LogP contribution in [-0.2, 0) is 6.54 Å². The van der Waals surface area contributed by atoms with Crippen LogP contribution in [0.5, 0.6) is 0 Å². The van der Waals surface area contributed by atoms with Crippen LogP contribution >= 0.6 is 11.3 Å². The predicted molar refractivity (Wildman–Crippen MR) is 85.1 cm³/mol. The van der Waals surface area contributed by atoms with Crippen molar-refractivity contribution >= 4 is 33.7 Å². The van der Waals surface area contributed by atoms with Crippen LogP contribution in [-0.4, -0.2) is 17.0 Å². The highest BCUT2D eigenvalue weighted by atomic mass is 32.1. The smallest absolute Gasteiger partial charge is 0.129 e. The summed E-state index contributed by atoms with van der Waals surface area (Å²) in [6.07, 6.45) is 0. The molecule has 2 N–H and O–H groups in total. The number of anilines is 2. The van der Waals surface area contributed by atoms with E-state index in [1.165, 1.54) is 0 Å². The summed E-state index contributed by atoms with van der Waals surface area (Å²) in [6, 6.07) is 9.84. The number of nitrogens with two attached hydrogens (primary N) is 1. The summed E-state index contributed by atoms with van der Waals surface area (Å²) in [5.41, 5.74) is 8.58. The lowest BCUT2D eigenvalue weighted by Gasteiger charge is -2.17. The lowest BCUT2D eigenvalue weighted by molar-refractivity contribution is 0.874. The summed E-state index contributed by atoms with van der Waals surface area (Å²) in [7, 11) is 2.03. The van der Waals surface area contributed by atoms with Crippen LogP contribution in [0.4, 0.5) is 11.5 Å². The van der Waals surface area contributed by atoms with E-state index >= 15 is 0 Å². The minimum atomic E-state index is 0.762. The summed E-state index contributed by atoms with van der Waals surface area (Å²) in [4.78, 5) is 11.2. The molecule has 20 heavy (non-hydrogen) atoms. The normalized spacial score (nSPS) is 10.9. The number of rotatable bonds is 3. The molecule has 102 valence electrons. The quantitative estimate of drug-likeness (QED) is 0.750. The number of fused-ring (bicyclic) bond motifs is 1. The maximum atomic E-state index is 5.78. The lowest BCUT2D eigenvalue weighted by atomic mass is 10.2. The average Bonchev–Trinajstić information content (AvgIpc) is 2.83. The first-order valence-electron chi connectivity index (χ1n) is 6.40. The molecule has 3 aromatic rings. The van der Waals surface area contributed by atoms with E-state index in [1.54, 1.807) is 11.3 Å². The van der Waals surface area contributed by atoms with Gasteiger partial charge in [-0.05, 0) is 37.3 Å². The summed E-state index contributed by atoms with van der Waals surface area (Å²) in [5.74, 6) is 0.938. The van der Waals surface area contributed by atoms with Crippen molar-refractivity contribution < 1.29 is 0 Å². The number of nitrogen functional groups attached to an aromatic ring is 1. The molecule has 0 amide bonds. The van der Waals surface area contributed by atoms with Gasteiger partial charge in [-0.25, -0.2) is 9.97 Å². The summed E-state index contributed by atoms with van der Waals surface area (Å²) in [6.45, 7) is 2.78. The lowest BCUT2D eigenvalue weighted by Crippen LogP contribution is -2.17. The van der Waals surface area contributed by atoms with Gasteiger partial charge in [0.05, 0.1) is 22.8 Å². The molecule has 0 aliphatic rings. The van der Waals surface area contributed by atoms with E-state index < -0.39 is 0 Å². The van der Waals surface area contributed by atoms with Crippen LogP contribution in [0, 0.1) is 6.92 Å². The Labute approximate surface area is 121 Å². The van der Waals surface area contributed by atoms with E-state index in [0.717, 1.165) is 39.7 Å². The van der Waals surface area contributed by atoms with E-state index in [9.17, 15) is 0 Å². The van der Waals surface area contributed by atoms with E-state index in [4.69, 9.17) is 5.73 Å². The molecule has 0 atom stereocenters. The van der Waals surface area contributed by atoms with Crippen LogP contribution in [0.1, 0.15) is 10.7 Å². The van der Waals surface area contributed by atoms with Crippen LogP contribution in [0.2, 0.25) is 0 Å². The van der Waals surface area contributed by atoms with E-state index in [0.29, 0.717) is 0 Å². The van der Waals surface area contributed by atoms with Gasteiger partial charge in [0.25, 0.3) is 0 Å².